The first-order valence-electron chi connectivity index (χ1n) is 20.2. The Morgan fingerprint density at radius 2 is 1.75 bits per heavy atom. The van der Waals surface area contributed by atoms with Crippen molar-refractivity contribution in [3.8, 4) is 0 Å². The highest BCUT2D eigenvalue weighted by molar-refractivity contribution is 6.80. The summed E-state index contributed by atoms with van der Waals surface area (Å²) in [5.41, 5.74) is -1.35. The van der Waals surface area contributed by atoms with E-state index in [1.165, 1.54) is 29.9 Å². The molecule has 0 aromatic heterocycles. The summed E-state index contributed by atoms with van der Waals surface area (Å²) in [6.45, 7) is 20.9. The molecule has 2 aliphatic rings. The molecule has 2 fully saturated rings. The van der Waals surface area contributed by atoms with Crippen LogP contribution in [0, 0.1) is 29.5 Å². The number of urea groups is 1. The highest BCUT2D eigenvalue weighted by Gasteiger charge is 2.44. The van der Waals surface area contributed by atoms with Crippen LogP contribution in [0.1, 0.15) is 90.5 Å². The Morgan fingerprint density at radius 1 is 1.09 bits per heavy atom. The quantitative estimate of drug-likeness (QED) is 0.108. The summed E-state index contributed by atoms with van der Waals surface area (Å²) >= 11 is 6.22. The molecule has 1 saturated heterocycles. The van der Waals surface area contributed by atoms with Crippen LogP contribution in [-0.4, -0.2) is 94.7 Å². The maximum atomic E-state index is 15.6. The second-order valence-corrected chi connectivity index (χ2v) is 31.1. The summed E-state index contributed by atoms with van der Waals surface area (Å²) in [5.74, 6) is 0.261. The first-order chi connectivity index (χ1) is 24.6. The second kappa shape index (κ2) is 19.5. The molecule has 0 radical (unpaired) electrons. The molecule has 1 aromatic rings. The van der Waals surface area contributed by atoms with Gasteiger partial charge in [-0.2, -0.15) is 0 Å². The van der Waals surface area contributed by atoms with E-state index in [0.717, 1.165) is 31.2 Å². The lowest BCUT2D eigenvalue weighted by Crippen LogP contribution is -2.56. The molecule has 1 heterocycles. The van der Waals surface area contributed by atoms with Crippen LogP contribution in [-0.2, 0) is 10.3 Å². The molecular weight excluding hydrogens is 725 g/mol. The van der Waals surface area contributed by atoms with Crippen molar-refractivity contribution < 1.29 is 28.9 Å². The topological polar surface area (TPSA) is 102 Å². The number of rotatable bonds is 17. The average molecular weight is 799 g/mol. The molecule has 1 aliphatic carbocycles. The van der Waals surface area contributed by atoms with Crippen molar-refractivity contribution in [3.63, 3.8) is 0 Å². The van der Waals surface area contributed by atoms with Gasteiger partial charge < -0.3 is 30.1 Å². The predicted octanol–water partition coefficient (Wildman–Crippen LogP) is 10.5. The lowest BCUT2D eigenvalue weighted by molar-refractivity contribution is -0.0589. The van der Waals surface area contributed by atoms with E-state index in [1.54, 1.807) is 31.2 Å². The van der Waals surface area contributed by atoms with Gasteiger partial charge in [-0.15, -0.1) is 0 Å². The van der Waals surface area contributed by atoms with E-state index >= 15 is 4.39 Å². The highest BCUT2D eigenvalue weighted by Crippen LogP contribution is 2.46. The van der Waals surface area contributed by atoms with Gasteiger partial charge in [0.2, 0.25) is 0 Å². The fourth-order valence-electron chi connectivity index (χ4n) is 8.71. The number of aliphatic hydroxyl groups is 1. The number of halogens is 2. The van der Waals surface area contributed by atoms with E-state index < -0.39 is 39.6 Å². The lowest BCUT2D eigenvalue weighted by Gasteiger charge is -2.45. The van der Waals surface area contributed by atoms with Crippen LogP contribution in [0.5, 0.6) is 0 Å². The number of benzene rings is 1. The molecule has 3 N–H and O–H groups in total. The van der Waals surface area contributed by atoms with E-state index in [0.29, 0.717) is 56.2 Å². The molecule has 8 nitrogen and oxygen atoms in total. The molecule has 0 spiro atoms. The Kier molecular flexibility index (Phi) is 16.8. The molecule has 53 heavy (non-hydrogen) atoms. The number of nitrogens with one attached hydrogen (secondary N) is 1. The highest BCUT2D eigenvalue weighted by atomic mass is 35.5. The minimum absolute atomic E-state index is 0.0352. The zero-order chi connectivity index (χ0) is 39.8. The Hall–Kier alpha value is -1.67. The number of piperidine rings is 1. The van der Waals surface area contributed by atoms with Crippen LogP contribution in [0.15, 0.2) is 18.2 Å². The van der Waals surface area contributed by atoms with Crippen LogP contribution >= 0.6 is 11.6 Å². The number of carbonyl (C=O) groups is 2. The third kappa shape index (κ3) is 12.9. The van der Waals surface area contributed by atoms with Gasteiger partial charge in [-0.3, -0.25) is 0 Å². The number of hydrogen-bond acceptors (Lipinski definition) is 4. The number of likely N-dealkylation sites (N-methyl/N-ethyl adjacent to an activating group) is 1. The predicted molar refractivity (Wildman–Crippen MR) is 222 cm³/mol. The minimum Gasteiger partial charge on any atom is -0.465 e. The van der Waals surface area contributed by atoms with E-state index in [4.69, 9.17) is 16.3 Å². The number of ether oxygens (including phenoxy) is 1. The van der Waals surface area contributed by atoms with Gasteiger partial charge in [0.15, 0.2) is 0 Å². The van der Waals surface area contributed by atoms with Crippen LogP contribution in [0.25, 0.3) is 0 Å². The van der Waals surface area contributed by atoms with Gasteiger partial charge >= 0.3 is 12.1 Å². The monoisotopic (exact) mass is 797 g/mol. The zero-order valence-corrected chi connectivity index (χ0v) is 37.5. The van der Waals surface area contributed by atoms with Gasteiger partial charge in [-0.25, -0.2) is 14.0 Å². The molecule has 1 aromatic carbocycles. The number of hydrogen-bond donors (Lipinski definition) is 3. The molecule has 3 rings (SSSR count). The van der Waals surface area contributed by atoms with Crippen molar-refractivity contribution >= 4 is 39.9 Å². The third-order valence-electron chi connectivity index (χ3n) is 13.1. The average Bonchev–Trinajstić information content (AvgIpc) is 3.07. The smallest absolute Gasteiger partial charge is 0.407 e. The molecule has 4 atom stereocenters. The molecule has 1 aliphatic heterocycles. The number of amides is 3. The number of unbranched alkanes of at least 4 members (excludes halogenated alkanes) is 1. The first kappa shape index (κ1) is 45.7. The standard InChI is InChI=1S/C41H73ClFN3O5Si2/c1-40(2,3)53(9,10)29-30-18-20-31(21-19-30)33(22-26-52(6,7)8)36(28-45(4)39(48)49)44-38(47)46-24-14-15-32(27-46)41(50,23-11-12-25-51-5)34-16-13-17-35(42)37(34)43/h13,16-17,30-33,36,50H,11-12,14-15,18-29H2,1-10H3,(H,44,47)(H,48,49)/t30?,31?,32-,33?,36-,41+/m1/s1. The lowest BCUT2D eigenvalue weighted by atomic mass is 9.72. The number of carboxylic acid groups (broad SMARTS) is 1. The van der Waals surface area contributed by atoms with Crippen LogP contribution in [0.4, 0.5) is 14.0 Å². The summed E-state index contributed by atoms with van der Waals surface area (Å²) in [6, 6.07) is 6.62. The third-order valence-corrected chi connectivity index (χ3v) is 20.9. The maximum Gasteiger partial charge on any atom is 0.407 e. The molecule has 1 unspecified atom stereocenters. The SMILES string of the molecule is COCCCC[C@@](O)(c1cccc(Cl)c1F)[C@@H]1CCCN(C(=O)N[C@H](CN(C)C(=O)O)C(CC[Si](C)(C)C)C2CCC(C[Si](C)(C)C(C)(C)C)CC2)C1. The first-order valence-corrected chi connectivity index (χ1v) is 27.5. The maximum absolute atomic E-state index is 15.6. The van der Waals surface area contributed by atoms with Crippen molar-refractivity contribution in [1.82, 2.24) is 15.1 Å². The van der Waals surface area contributed by atoms with E-state index in [9.17, 15) is 19.8 Å². The molecule has 12 heteroatoms. The Morgan fingerprint density at radius 3 is 2.34 bits per heavy atom. The normalized spacial score (nSPS) is 22.5. The largest absolute Gasteiger partial charge is 0.465 e. The van der Waals surface area contributed by atoms with Gasteiger partial charge in [0.25, 0.3) is 0 Å². The Balaban J connectivity index is 1.88. The summed E-state index contributed by atoms with van der Waals surface area (Å²) in [7, 11) is 0.371. The van der Waals surface area contributed by atoms with Crippen molar-refractivity contribution in [2.75, 3.05) is 40.4 Å². The zero-order valence-electron chi connectivity index (χ0n) is 34.7. The van der Waals surface area contributed by atoms with Crippen LogP contribution in [0.2, 0.25) is 54.9 Å². The Bertz CT molecular complexity index is 1330. The van der Waals surface area contributed by atoms with Gasteiger partial charge in [0.05, 0.1) is 24.7 Å². The molecule has 1 saturated carbocycles. The van der Waals surface area contributed by atoms with Gasteiger partial charge in [0.1, 0.15) is 5.82 Å². The van der Waals surface area contributed by atoms with Gasteiger partial charge in [-0.05, 0) is 73.8 Å². The van der Waals surface area contributed by atoms with E-state index in [2.05, 4.69) is 58.8 Å². The van der Waals surface area contributed by atoms with Crippen molar-refractivity contribution in [2.24, 2.45) is 23.7 Å². The van der Waals surface area contributed by atoms with Crippen LogP contribution < -0.4 is 5.32 Å². The Labute approximate surface area is 328 Å². The molecule has 0 bridgehead atoms. The van der Waals surface area contributed by atoms with Crippen molar-refractivity contribution in [2.45, 2.75) is 146 Å². The minimum atomic E-state index is -1.52. The number of nitrogens with zero attached hydrogens (tertiary/aromatic N) is 2. The summed E-state index contributed by atoms with van der Waals surface area (Å²) < 4.78 is 20.8. The fraction of sp³-hybridized carbons (Fsp3) is 0.805. The molecule has 3 amide bonds. The molecule has 304 valence electrons. The van der Waals surface area contributed by atoms with Crippen LogP contribution in [0.3, 0.4) is 0 Å². The summed E-state index contributed by atoms with van der Waals surface area (Å²) in [6.07, 6.45) is 7.49. The summed E-state index contributed by atoms with van der Waals surface area (Å²) in [4.78, 5) is 29.6. The summed E-state index contributed by atoms with van der Waals surface area (Å²) in [5, 5.41) is 26.0. The fourth-order valence-corrected chi connectivity index (χ4v) is 12.6. The molecular formula is C41H73ClFN3O5Si2. The van der Waals surface area contributed by atoms with Gasteiger partial charge in [-0.1, -0.05) is 109 Å². The van der Waals surface area contributed by atoms with Crippen molar-refractivity contribution in [3.05, 3.63) is 34.6 Å². The number of methoxy groups -OCH3 is 1. The van der Waals surface area contributed by atoms with Crippen molar-refractivity contribution in [1.29, 1.82) is 0 Å². The van der Waals surface area contributed by atoms with E-state index in [1.807, 2.05) is 0 Å². The number of carbonyl (C=O) groups excluding carboxylic acids is 1. The number of likely N-dealkylation sites (tertiary alicyclic amines) is 1. The van der Waals surface area contributed by atoms with Gasteiger partial charge in [0, 0.05) is 60.0 Å². The van der Waals surface area contributed by atoms with E-state index in [-0.39, 0.29) is 41.7 Å². The second-order valence-electron chi connectivity index (χ2n) is 19.4.